The Labute approximate surface area is 141 Å². The summed E-state index contributed by atoms with van der Waals surface area (Å²) in [6.45, 7) is 1.54. The first-order chi connectivity index (χ1) is 12.0. The maximum atomic E-state index is 14.2. The van der Waals surface area contributed by atoms with Gasteiger partial charge in [-0.3, -0.25) is 14.9 Å². The van der Waals surface area contributed by atoms with Crippen molar-refractivity contribution >= 4 is 17.3 Å². The molecule has 1 amide bonds. The predicted octanol–water partition coefficient (Wildman–Crippen LogP) is 2.88. The number of aromatic nitrogens is 3. The van der Waals surface area contributed by atoms with E-state index < -0.39 is 16.6 Å². The van der Waals surface area contributed by atoms with Crippen LogP contribution in [0.1, 0.15) is 15.9 Å². The summed E-state index contributed by atoms with van der Waals surface area (Å²) in [7, 11) is 0. The highest BCUT2D eigenvalue weighted by Crippen LogP contribution is 2.21. The number of halogens is 1. The van der Waals surface area contributed by atoms with Gasteiger partial charge < -0.3 is 5.32 Å². The van der Waals surface area contributed by atoms with Crippen LogP contribution in [0.25, 0.3) is 5.69 Å². The zero-order valence-electron chi connectivity index (χ0n) is 13.0. The Morgan fingerprint density at radius 1 is 1.28 bits per heavy atom. The first kappa shape index (κ1) is 16.2. The molecule has 2 aromatic carbocycles. The van der Waals surface area contributed by atoms with Gasteiger partial charge in [0.05, 0.1) is 4.92 Å². The van der Waals surface area contributed by atoms with Gasteiger partial charge in [-0.15, -0.1) is 0 Å². The smallest absolute Gasteiger partial charge is 0.272 e. The molecule has 3 rings (SSSR count). The van der Waals surface area contributed by atoms with Gasteiger partial charge in [0.2, 0.25) is 0 Å². The minimum atomic E-state index is -0.580. The summed E-state index contributed by atoms with van der Waals surface area (Å²) in [4.78, 5) is 26.3. The molecule has 0 spiro atoms. The third-order valence-corrected chi connectivity index (χ3v) is 3.53. The number of nitrogens with zero attached hydrogens (tertiary/aromatic N) is 4. The second kappa shape index (κ2) is 6.48. The number of nitro benzene ring substituents is 1. The van der Waals surface area contributed by atoms with Crippen LogP contribution in [0.5, 0.6) is 0 Å². The van der Waals surface area contributed by atoms with Crippen molar-refractivity contribution in [3.8, 4) is 5.69 Å². The molecule has 0 bridgehead atoms. The molecule has 0 fully saturated rings. The number of hydrogen-bond donors (Lipinski definition) is 1. The number of nitrogens with one attached hydrogen (secondary N) is 1. The zero-order chi connectivity index (χ0) is 18.0. The van der Waals surface area contributed by atoms with Gasteiger partial charge in [0.25, 0.3) is 11.6 Å². The van der Waals surface area contributed by atoms with E-state index >= 15 is 0 Å². The molecule has 0 aliphatic rings. The Bertz CT molecular complexity index is 956. The second-order valence-corrected chi connectivity index (χ2v) is 5.22. The maximum Gasteiger partial charge on any atom is 0.272 e. The molecule has 3 aromatic rings. The lowest BCUT2D eigenvalue weighted by Gasteiger charge is -2.08. The number of rotatable bonds is 4. The van der Waals surface area contributed by atoms with Crippen LogP contribution in [0.2, 0.25) is 0 Å². The van der Waals surface area contributed by atoms with Crippen molar-refractivity contribution in [2.75, 3.05) is 5.32 Å². The molecule has 0 aliphatic carbocycles. The van der Waals surface area contributed by atoms with Gasteiger partial charge in [-0.05, 0) is 37.3 Å². The number of amides is 1. The average Bonchev–Trinajstić information content (AvgIpc) is 3.08. The zero-order valence-corrected chi connectivity index (χ0v) is 13.0. The maximum absolute atomic E-state index is 14.2. The molecule has 0 atom stereocenters. The van der Waals surface area contributed by atoms with Gasteiger partial charge in [0, 0.05) is 22.9 Å². The van der Waals surface area contributed by atoms with Crippen molar-refractivity contribution in [2.24, 2.45) is 0 Å². The summed E-state index contributed by atoms with van der Waals surface area (Å²) >= 11 is 0. The lowest BCUT2D eigenvalue weighted by Crippen LogP contribution is -2.13. The quantitative estimate of drug-likeness (QED) is 0.580. The number of carbonyl (C=O) groups excluding carboxylic acids is 1. The van der Waals surface area contributed by atoms with Crippen LogP contribution in [0, 0.1) is 22.9 Å². The molecule has 0 saturated carbocycles. The topological polar surface area (TPSA) is 103 Å². The largest absolute Gasteiger partial charge is 0.322 e. The molecule has 1 aromatic heterocycles. The second-order valence-electron chi connectivity index (χ2n) is 5.22. The van der Waals surface area contributed by atoms with Gasteiger partial charge in [-0.25, -0.2) is 14.1 Å². The van der Waals surface area contributed by atoms with Gasteiger partial charge in [0.15, 0.2) is 5.82 Å². The van der Waals surface area contributed by atoms with Crippen molar-refractivity contribution in [1.82, 2.24) is 14.8 Å². The Morgan fingerprint density at radius 3 is 2.68 bits per heavy atom. The van der Waals surface area contributed by atoms with Gasteiger partial charge >= 0.3 is 0 Å². The lowest BCUT2D eigenvalue weighted by atomic mass is 10.1. The van der Waals surface area contributed by atoms with Crippen LogP contribution in [0.4, 0.5) is 15.8 Å². The van der Waals surface area contributed by atoms with E-state index in [2.05, 4.69) is 15.4 Å². The number of nitro groups is 1. The first-order valence-electron chi connectivity index (χ1n) is 7.16. The van der Waals surface area contributed by atoms with Crippen molar-refractivity contribution in [3.63, 3.8) is 0 Å². The molecular formula is C16H12FN5O3. The van der Waals surface area contributed by atoms with Crippen LogP contribution in [-0.4, -0.2) is 25.6 Å². The van der Waals surface area contributed by atoms with E-state index in [1.165, 1.54) is 47.7 Å². The number of hydrogen-bond acceptors (Lipinski definition) is 5. The summed E-state index contributed by atoms with van der Waals surface area (Å²) in [5.41, 5.74) is 0.984. The van der Waals surface area contributed by atoms with Gasteiger partial charge in [0.1, 0.15) is 18.3 Å². The van der Waals surface area contributed by atoms with Crippen LogP contribution in [0.15, 0.2) is 49.1 Å². The van der Waals surface area contributed by atoms with E-state index in [0.717, 1.165) is 6.07 Å². The van der Waals surface area contributed by atoms with E-state index in [0.29, 0.717) is 5.56 Å². The predicted molar refractivity (Wildman–Crippen MR) is 87.1 cm³/mol. The summed E-state index contributed by atoms with van der Waals surface area (Å²) < 4.78 is 15.4. The average molecular weight is 341 g/mol. The molecule has 25 heavy (non-hydrogen) atoms. The monoisotopic (exact) mass is 341 g/mol. The highest BCUT2D eigenvalue weighted by atomic mass is 19.1. The van der Waals surface area contributed by atoms with E-state index in [-0.39, 0.29) is 22.6 Å². The fraction of sp³-hybridized carbons (Fsp3) is 0.0625. The summed E-state index contributed by atoms with van der Waals surface area (Å²) in [6, 6.07) is 8.16. The van der Waals surface area contributed by atoms with Crippen molar-refractivity contribution in [2.45, 2.75) is 6.92 Å². The third-order valence-electron chi connectivity index (χ3n) is 3.53. The molecule has 1 heterocycles. The van der Waals surface area contributed by atoms with E-state index in [9.17, 15) is 19.3 Å². The van der Waals surface area contributed by atoms with Crippen molar-refractivity contribution in [3.05, 3.63) is 76.1 Å². The Hall–Kier alpha value is -3.62. The molecule has 8 nitrogen and oxygen atoms in total. The number of anilines is 1. The molecular weight excluding hydrogens is 329 g/mol. The molecule has 126 valence electrons. The fourth-order valence-corrected chi connectivity index (χ4v) is 2.31. The lowest BCUT2D eigenvalue weighted by molar-refractivity contribution is -0.385. The Kier molecular flexibility index (Phi) is 4.21. The number of aryl methyl sites for hydroxylation is 1. The molecule has 0 radical (unpaired) electrons. The Morgan fingerprint density at radius 2 is 2.08 bits per heavy atom. The molecule has 9 heteroatoms. The minimum Gasteiger partial charge on any atom is -0.322 e. The normalized spacial score (nSPS) is 10.5. The standard InChI is InChI=1S/C16H12FN5O3/c1-10-6-11(2-4-14(10)22(24)25)16(23)20-12-3-5-15(13(17)7-12)21-9-18-8-19-21/h2-9H,1H3,(H,20,23). The number of carbonyl (C=O) groups is 1. The van der Waals surface area contributed by atoms with Crippen LogP contribution < -0.4 is 5.32 Å². The SMILES string of the molecule is Cc1cc(C(=O)Nc2ccc(-n3cncn3)c(F)c2)ccc1[N+](=O)[O-]. The number of benzene rings is 2. The highest BCUT2D eigenvalue weighted by Gasteiger charge is 2.14. The summed E-state index contributed by atoms with van der Waals surface area (Å²) in [6.07, 6.45) is 2.64. The van der Waals surface area contributed by atoms with Gasteiger partial charge in [-0.2, -0.15) is 5.10 Å². The van der Waals surface area contributed by atoms with E-state index in [1.54, 1.807) is 6.92 Å². The molecule has 0 aliphatic heterocycles. The minimum absolute atomic E-state index is 0.0696. The highest BCUT2D eigenvalue weighted by molar-refractivity contribution is 6.04. The summed E-state index contributed by atoms with van der Waals surface area (Å²) in [5, 5.41) is 17.2. The first-order valence-corrected chi connectivity index (χ1v) is 7.16. The van der Waals surface area contributed by atoms with Crippen LogP contribution in [0.3, 0.4) is 0 Å². The van der Waals surface area contributed by atoms with E-state index in [1.807, 2.05) is 0 Å². The fourth-order valence-electron chi connectivity index (χ4n) is 2.31. The van der Waals surface area contributed by atoms with E-state index in [4.69, 9.17) is 0 Å². The summed E-state index contributed by atoms with van der Waals surface area (Å²) in [5.74, 6) is -1.07. The molecule has 0 unspecified atom stereocenters. The van der Waals surface area contributed by atoms with Crippen LogP contribution >= 0.6 is 0 Å². The van der Waals surface area contributed by atoms with Gasteiger partial charge in [-0.1, -0.05) is 0 Å². The van der Waals surface area contributed by atoms with Crippen molar-refractivity contribution < 1.29 is 14.1 Å². The third kappa shape index (κ3) is 3.34. The molecule has 1 N–H and O–H groups in total. The van der Waals surface area contributed by atoms with Crippen molar-refractivity contribution in [1.29, 1.82) is 0 Å². The molecule has 0 saturated heterocycles. The van der Waals surface area contributed by atoms with Crippen LogP contribution in [-0.2, 0) is 0 Å². The Balaban J connectivity index is 1.80.